The molecule has 2 N–H and O–H groups in total. The minimum absolute atomic E-state index is 0.0570. The summed E-state index contributed by atoms with van der Waals surface area (Å²) >= 11 is 0. The van der Waals surface area contributed by atoms with E-state index in [9.17, 15) is 0 Å². The molecule has 0 bridgehead atoms. The first-order chi connectivity index (χ1) is 9.69. The zero-order valence-electron chi connectivity index (χ0n) is 11.7. The summed E-state index contributed by atoms with van der Waals surface area (Å²) in [6.45, 7) is 4.15. The second kappa shape index (κ2) is 5.38. The number of hydrogen-bond acceptors (Lipinski definition) is 6. The Morgan fingerprint density at radius 3 is 2.95 bits per heavy atom. The van der Waals surface area contributed by atoms with E-state index in [1.807, 2.05) is 13.8 Å². The predicted molar refractivity (Wildman–Crippen MR) is 74.5 cm³/mol. The van der Waals surface area contributed by atoms with Crippen LogP contribution in [-0.2, 0) is 4.74 Å². The average Bonchev–Trinajstić information content (AvgIpc) is 3.04. The maximum absolute atomic E-state index is 9.15. The molecule has 2 aromatic rings. The van der Waals surface area contributed by atoms with Gasteiger partial charge in [-0.1, -0.05) is 0 Å². The first-order valence-corrected chi connectivity index (χ1v) is 6.94. The molecule has 0 amide bonds. The highest BCUT2D eigenvalue weighted by molar-refractivity contribution is 5.86. The highest BCUT2D eigenvalue weighted by Crippen LogP contribution is 2.37. The number of aromatic nitrogens is 2. The minimum Gasteiger partial charge on any atom is -0.458 e. The van der Waals surface area contributed by atoms with Gasteiger partial charge in [-0.15, -0.1) is 0 Å². The summed E-state index contributed by atoms with van der Waals surface area (Å²) in [6, 6.07) is 0.267. The second-order valence-corrected chi connectivity index (χ2v) is 5.40. The van der Waals surface area contributed by atoms with E-state index in [1.165, 1.54) is 6.33 Å². The summed E-state index contributed by atoms with van der Waals surface area (Å²) in [5.74, 6) is 0.702. The van der Waals surface area contributed by atoms with Gasteiger partial charge in [0.25, 0.3) is 0 Å². The lowest BCUT2D eigenvalue weighted by atomic mass is 10.1. The van der Waals surface area contributed by atoms with E-state index in [0.29, 0.717) is 11.4 Å². The van der Waals surface area contributed by atoms with Gasteiger partial charge in [-0.2, -0.15) is 0 Å². The maximum atomic E-state index is 9.15. The number of nitrogens with one attached hydrogen (secondary N) is 1. The van der Waals surface area contributed by atoms with Crippen LogP contribution in [0.25, 0.3) is 11.1 Å². The van der Waals surface area contributed by atoms with Crippen molar-refractivity contribution < 1.29 is 14.3 Å². The lowest BCUT2D eigenvalue weighted by molar-refractivity contribution is 0.0112. The fourth-order valence-corrected chi connectivity index (χ4v) is 2.54. The monoisotopic (exact) mass is 277 g/mol. The zero-order chi connectivity index (χ0) is 14.1. The highest BCUT2D eigenvalue weighted by Gasteiger charge is 2.29. The predicted octanol–water partition coefficient (Wildman–Crippen LogP) is 2.26. The maximum Gasteiger partial charge on any atom is 0.194 e. The van der Waals surface area contributed by atoms with Crippen molar-refractivity contribution in [2.75, 3.05) is 11.9 Å². The molecule has 1 fully saturated rings. The Morgan fingerprint density at radius 2 is 2.25 bits per heavy atom. The van der Waals surface area contributed by atoms with Crippen LogP contribution in [0.15, 0.2) is 17.0 Å². The van der Waals surface area contributed by atoms with Crippen LogP contribution in [0.4, 0.5) is 5.82 Å². The first kappa shape index (κ1) is 13.3. The van der Waals surface area contributed by atoms with Gasteiger partial charge in [0.15, 0.2) is 11.4 Å². The smallest absolute Gasteiger partial charge is 0.194 e. The van der Waals surface area contributed by atoms with E-state index >= 15 is 0 Å². The number of ether oxygens (including phenoxy) is 1. The largest absolute Gasteiger partial charge is 0.458 e. The van der Waals surface area contributed by atoms with Crippen LogP contribution in [0.5, 0.6) is 0 Å². The van der Waals surface area contributed by atoms with Crippen molar-refractivity contribution >= 4 is 16.9 Å². The van der Waals surface area contributed by atoms with Gasteiger partial charge in [-0.05, 0) is 26.7 Å². The average molecular weight is 277 g/mol. The molecule has 108 valence electrons. The Morgan fingerprint density at radius 1 is 1.40 bits per heavy atom. The summed E-state index contributed by atoms with van der Waals surface area (Å²) < 4.78 is 11.4. The molecule has 1 aliphatic rings. The number of hydrogen-bond donors (Lipinski definition) is 2. The highest BCUT2D eigenvalue weighted by atomic mass is 16.5. The third-order valence-corrected chi connectivity index (χ3v) is 3.46. The number of rotatable bonds is 4. The third-order valence-electron chi connectivity index (χ3n) is 3.46. The van der Waals surface area contributed by atoms with Gasteiger partial charge >= 0.3 is 0 Å². The van der Waals surface area contributed by atoms with Crippen molar-refractivity contribution in [3.8, 4) is 0 Å². The van der Waals surface area contributed by atoms with E-state index in [4.69, 9.17) is 14.3 Å². The molecule has 1 saturated heterocycles. The lowest BCUT2D eigenvalue weighted by Gasteiger charge is -2.11. The molecular formula is C14H19N3O3. The topological polar surface area (TPSA) is 80.4 Å². The van der Waals surface area contributed by atoms with Crippen molar-refractivity contribution in [3.05, 3.63) is 18.2 Å². The molecule has 0 unspecified atom stereocenters. The molecule has 1 aliphatic heterocycles. The Balaban J connectivity index is 1.94. The number of nitrogens with zero attached hydrogens (tertiary/aromatic N) is 2. The van der Waals surface area contributed by atoms with Gasteiger partial charge in [0.2, 0.25) is 0 Å². The molecule has 0 aromatic carbocycles. The van der Waals surface area contributed by atoms with Crippen LogP contribution < -0.4 is 5.32 Å². The Kier molecular flexibility index (Phi) is 3.58. The van der Waals surface area contributed by atoms with Crippen molar-refractivity contribution in [2.45, 2.75) is 44.9 Å². The zero-order valence-corrected chi connectivity index (χ0v) is 11.7. The molecule has 0 saturated carbocycles. The van der Waals surface area contributed by atoms with E-state index in [0.717, 1.165) is 23.9 Å². The van der Waals surface area contributed by atoms with Gasteiger partial charge < -0.3 is 19.6 Å². The molecule has 3 rings (SSSR count). The summed E-state index contributed by atoms with van der Waals surface area (Å²) in [7, 11) is 0. The van der Waals surface area contributed by atoms with E-state index in [2.05, 4.69) is 15.3 Å². The normalized spacial score (nSPS) is 22.8. The molecule has 2 atom stereocenters. The minimum atomic E-state index is -0.0833. The number of aliphatic hydroxyl groups is 1. The summed E-state index contributed by atoms with van der Waals surface area (Å²) in [5.41, 5.74) is 2.38. The van der Waals surface area contributed by atoms with Crippen LogP contribution >= 0.6 is 0 Å². The number of fused-ring (bicyclic) bond motifs is 1. The van der Waals surface area contributed by atoms with Gasteiger partial charge in [0.05, 0.1) is 25.1 Å². The molecule has 3 heterocycles. The van der Waals surface area contributed by atoms with Gasteiger partial charge in [0, 0.05) is 11.6 Å². The molecule has 6 heteroatoms. The van der Waals surface area contributed by atoms with Crippen molar-refractivity contribution in [3.63, 3.8) is 0 Å². The molecule has 0 radical (unpaired) electrons. The van der Waals surface area contributed by atoms with Crippen LogP contribution in [0, 0.1) is 0 Å². The number of furan rings is 1. The Hall–Kier alpha value is -1.66. The summed E-state index contributed by atoms with van der Waals surface area (Å²) in [5, 5.41) is 12.4. The fourth-order valence-electron chi connectivity index (χ4n) is 2.54. The van der Waals surface area contributed by atoms with E-state index < -0.39 is 0 Å². The molecule has 0 aliphatic carbocycles. The Labute approximate surface area is 117 Å². The SMILES string of the molecule is CC(C)Nc1ncnc2c([C@H]3CC[C@@H](CO)O3)coc12. The molecular weight excluding hydrogens is 258 g/mol. The number of aliphatic hydroxyl groups excluding tert-OH is 1. The van der Waals surface area contributed by atoms with E-state index in [-0.39, 0.29) is 24.9 Å². The molecule has 6 nitrogen and oxygen atoms in total. The molecule has 20 heavy (non-hydrogen) atoms. The van der Waals surface area contributed by atoms with Gasteiger partial charge in [0.1, 0.15) is 11.8 Å². The van der Waals surface area contributed by atoms with Crippen LogP contribution in [0.1, 0.15) is 38.4 Å². The van der Waals surface area contributed by atoms with Crippen LogP contribution in [0.2, 0.25) is 0 Å². The fraction of sp³-hybridized carbons (Fsp3) is 0.571. The first-order valence-electron chi connectivity index (χ1n) is 6.94. The van der Waals surface area contributed by atoms with Gasteiger partial charge in [-0.3, -0.25) is 0 Å². The summed E-state index contributed by atoms with van der Waals surface area (Å²) in [6.07, 6.45) is 4.81. The van der Waals surface area contributed by atoms with Crippen molar-refractivity contribution in [1.29, 1.82) is 0 Å². The van der Waals surface area contributed by atoms with Crippen LogP contribution in [-0.4, -0.2) is 33.8 Å². The van der Waals surface area contributed by atoms with Crippen molar-refractivity contribution in [1.82, 2.24) is 9.97 Å². The summed E-state index contributed by atoms with van der Waals surface area (Å²) in [4.78, 5) is 8.54. The van der Waals surface area contributed by atoms with Crippen LogP contribution in [0.3, 0.4) is 0 Å². The lowest BCUT2D eigenvalue weighted by Crippen LogP contribution is -2.12. The Bertz CT molecular complexity index is 596. The molecule has 2 aromatic heterocycles. The quantitative estimate of drug-likeness (QED) is 0.892. The molecule has 0 spiro atoms. The van der Waals surface area contributed by atoms with Crippen molar-refractivity contribution in [2.24, 2.45) is 0 Å². The number of anilines is 1. The second-order valence-electron chi connectivity index (χ2n) is 5.40. The van der Waals surface area contributed by atoms with Gasteiger partial charge in [-0.25, -0.2) is 9.97 Å². The van der Waals surface area contributed by atoms with E-state index in [1.54, 1.807) is 6.26 Å². The third kappa shape index (κ3) is 2.36. The standard InChI is InChI=1S/C14H19N3O3/c1-8(2)17-14-13-12(15-7-16-14)10(6-19-13)11-4-3-9(5-18)20-11/h6-9,11,18H,3-5H2,1-2H3,(H,15,16,17)/t9-,11+/m0/s1.